The van der Waals surface area contributed by atoms with Crippen molar-refractivity contribution in [1.82, 2.24) is 0 Å². The van der Waals surface area contributed by atoms with Gasteiger partial charge in [-0.25, -0.2) is 0 Å². The molecule has 0 aliphatic carbocycles. The molecule has 4 atom stereocenters. The molecular weight excluding hydrogens is 580 g/mol. The van der Waals surface area contributed by atoms with Crippen molar-refractivity contribution in [2.24, 2.45) is 0 Å². The van der Waals surface area contributed by atoms with Gasteiger partial charge in [-0.15, -0.1) is 0 Å². The molecule has 4 unspecified atom stereocenters. The summed E-state index contributed by atoms with van der Waals surface area (Å²) in [7, 11) is 0. The van der Waals surface area contributed by atoms with E-state index < -0.39 is 58.0 Å². The van der Waals surface area contributed by atoms with Crippen LogP contribution in [0.2, 0.25) is 0 Å². The van der Waals surface area contributed by atoms with E-state index >= 15 is 0 Å². The maximum Gasteiger partial charge on any atom is 4.00 e. The average Bonchev–Trinajstić information content (AvgIpc) is 1.76. The van der Waals surface area contributed by atoms with Gasteiger partial charge in [-0.2, -0.15) is 0 Å². The normalized spacial score (nSPS) is 14.6. The van der Waals surface area contributed by atoms with Gasteiger partial charge in [-0.1, -0.05) is 0 Å². The van der Waals surface area contributed by atoms with Gasteiger partial charge in [-0.3, -0.25) is 0 Å². The summed E-state index contributed by atoms with van der Waals surface area (Å²) < 4.78 is 97.5. The van der Waals surface area contributed by atoms with Gasteiger partial charge < -0.3 is 0 Å². The first-order valence-electron chi connectivity index (χ1n) is 2.06. The van der Waals surface area contributed by atoms with E-state index in [1.54, 1.807) is 0 Å². The molecule has 0 spiro atoms. The van der Waals surface area contributed by atoms with Crippen molar-refractivity contribution in [2.45, 2.75) is 0 Å². The number of hydrogen-bond acceptors (Lipinski definition) is 8. The van der Waals surface area contributed by atoms with Crippen molar-refractivity contribution >= 4 is 75.6 Å². The third-order valence-electron chi connectivity index (χ3n) is 0. The van der Waals surface area contributed by atoms with Crippen molar-refractivity contribution in [3.63, 3.8) is 0 Å². The van der Waals surface area contributed by atoms with Crippen LogP contribution in [-0.4, -0.2) is 92.3 Å². The second kappa shape index (κ2) is 26.1. The van der Waals surface area contributed by atoms with E-state index in [4.69, 9.17) is 48.8 Å². The molecule has 0 aromatic heterocycles. The molecule has 0 fully saturated rings. The summed E-state index contributed by atoms with van der Waals surface area (Å²) >= 11 is -14.2. The molecule has 0 aromatic carbocycles. The third kappa shape index (κ3) is 1870. The van der Waals surface area contributed by atoms with Crippen LogP contribution in [-0.2, 0) is 15.3 Å². The molecule has 17 heavy (non-hydrogen) atoms. The van der Waals surface area contributed by atoms with Crippen molar-refractivity contribution in [3.05, 3.63) is 0 Å². The van der Waals surface area contributed by atoms with Crippen molar-refractivity contribution < 1.29 is 48.8 Å². The quantitative estimate of drug-likeness (QED) is 0.194. The van der Waals surface area contributed by atoms with Gasteiger partial charge in [0.05, 0.1) is 0 Å². The smallest absolute Gasteiger partial charge is 4.00 e. The Hall–Kier alpha value is 1.50. The first kappa shape index (κ1) is 31.1. The SMILES string of the molecule is O=[Se]([O-])O.O=[Se]([O-])O.O=[Se]([O-])O.O=[Se]([O-])O.[Ge+4]. The number of hydrogen-bond donors (Lipinski definition) is 4. The second-order valence-corrected chi connectivity index (χ2v) is 4.51. The second-order valence-electron chi connectivity index (χ2n) is 0.868. The van der Waals surface area contributed by atoms with E-state index in [-0.39, 0.29) is 17.6 Å². The Bertz CT molecular complexity index is 159. The van der Waals surface area contributed by atoms with Gasteiger partial charge in [0.25, 0.3) is 0 Å². The third-order valence-corrected chi connectivity index (χ3v) is 0. The standard InChI is InChI=1S/Ge.4H2O3Se/c;4*1-4(2)3/h;4*(H2,1,2,3)/q+4;;;;/p-4. The van der Waals surface area contributed by atoms with Gasteiger partial charge in [-0.05, 0) is 0 Å². The van der Waals surface area contributed by atoms with Crippen LogP contribution in [0.4, 0.5) is 0 Å². The van der Waals surface area contributed by atoms with E-state index in [0.717, 1.165) is 0 Å². The van der Waals surface area contributed by atoms with Gasteiger partial charge >= 0.3 is 124 Å². The van der Waals surface area contributed by atoms with Crippen LogP contribution in [0.25, 0.3) is 0 Å². The van der Waals surface area contributed by atoms with Crippen LogP contribution in [0.3, 0.4) is 0 Å². The molecule has 0 aliphatic rings. The van der Waals surface area contributed by atoms with Crippen molar-refractivity contribution in [3.8, 4) is 0 Å². The van der Waals surface area contributed by atoms with Gasteiger partial charge in [0.15, 0.2) is 0 Å². The molecule has 12 nitrogen and oxygen atoms in total. The fraction of sp³-hybridized carbons (Fsp3) is 0. The molecule has 0 amide bonds. The molecule has 0 aromatic rings. The molecule has 0 heterocycles. The fourth-order valence-electron chi connectivity index (χ4n) is 0. The molecule has 0 bridgehead atoms. The summed E-state index contributed by atoms with van der Waals surface area (Å²) in [5.74, 6) is 0. The van der Waals surface area contributed by atoms with E-state index in [9.17, 15) is 0 Å². The topological polar surface area (TPSA) is 241 Å². The zero-order valence-electron chi connectivity index (χ0n) is 7.19. The van der Waals surface area contributed by atoms with E-state index in [1.807, 2.05) is 0 Å². The van der Waals surface area contributed by atoms with Gasteiger partial charge in [0.2, 0.25) is 0 Å². The predicted molar refractivity (Wildman–Crippen MR) is 40.4 cm³/mol. The van der Waals surface area contributed by atoms with Crippen LogP contribution in [0, 0.1) is 0 Å². The molecule has 0 saturated carbocycles. The van der Waals surface area contributed by atoms with E-state index in [2.05, 4.69) is 0 Å². The number of rotatable bonds is 0. The molecule has 104 valence electrons. The molecular formula is H4GeO12Se4. The summed E-state index contributed by atoms with van der Waals surface area (Å²) in [5, 5.41) is 0. The Balaban J connectivity index is -0.0000000369. The van der Waals surface area contributed by atoms with Crippen LogP contribution in [0.5, 0.6) is 0 Å². The summed E-state index contributed by atoms with van der Waals surface area (Å²) in [6.45, 7) is 0. The zero-order valence-corrected chi connectivity index (χ0v) is 16.1. The Morgan fingerprint density at radius 2 is 0.529 bits per heavy atom. The molecule has 0 radical (unpaired) electrons. The van der Waals surface area contributed by atoms with Gasteiger partial charge in [0, 0.05) is 0 Å². The molecule has 0 aliphatic heterocycles. The minimum absolute atomic E-state index is 0. The van der Waals surface area contributed by atoms with Crippen LogP contribution >= 0.6 is 0 Å². The summed E-state index contributed by atoms with van der Waals surface area (Å²) in [4.78, 5) is 0. The van der Waals surface area contributed by atoms with Crippen LogP contribution in [0.1, 0.15) is 0 Å². The monoisotopic (exact) mass is 590 g/mol. The Kier molecular flexibility index (Phi) is 47.8. The molecule has 17 heteroatoms. The minimum atomic E-state index is -3.54. The summed E-state index contributed by atoms with van der Waals surface area (Å²) in [6.07, 6.45) is 0. The molecule has 4 N–H and O–H groups in total. The maximum atomic E-state index is 8.65. The average molecular weight is 584 g/mol. The molecule has 0 rings (SSSR count). The first-order valence-corrected chi connectivity index (χ1v) is 10.7. The first-order chi connectivity index (χ1) is 6.93. The summed E-state index contributed by atoms with van der Waals surface area (Å²) in [5.41, 5.74) is 0. The summed E-state index contributed by atoms with van der Waals surface area (Å²) in [6, 6.07) is 0. The largest absolute Gasteiger partial charge is 4.00 e. The van der Waals surface area contributed by atoms with Gasteiger partial charge in [0.1, 0.15) is 0 Å². The van der Waals surface area contributed by atoms with Crippen LogP contribution in [0.15, 0.2) is 0 Å². The van der Waals surface area contributed by atoms with Crippen molar-refractivity contribution in [1.29, 1.82) is 0 Å². The Morgan fingerprint density at radius 3 is 0.529 bits per heavy atom. The fourth-order valence-corrected chi connectivity index (χ4v) is 0. The predicted octanol–water partition coefficient (Wildman–Crippen LogP) is -9.36. The Labute approximate surface area is 123 Å². The van der Waals surface area contributed by atoms with Crippen molar-refractivity contribution in [2.75, 3.05) is 0 Å². The van der Waals surface area contributed by atoms with E-state index in [1.165, 1.54) is 0 Å². The maximum absolute atomic E-state index is 8.65. The van der Waals surface area contributed by atoms with Crippen LogP contribution < -0.4 is 16.8 Å². The molecule has 0 saturated heterocycles. The minimum Gasteiger partial charge on any atom is 4.00 e. The zero-order chi connectivity index (χ0) is 14.3. The Morgan fingerprint density at radius 1 is 0.529 bits per heavy atom. The van der Waals surface area contributed by atoms with E-state index in [0.29, 0.717) is 0 Å².